The number of benzene rings is 1. The van der Waals surface area contributed by atoms with Gasteiger partial charge >= 0.3 is 5.97 Å². The molecule has 4 rings (SSSR count). The summed E-state index contributed by atoms with van der Waals surface area (Å²) >= 11 is 13.1. The number of aromatic nitrogens is 2. The molecule has 0 atom stereocenters. The van der Waals surface area contributed by atoms with Crippen molar-refractivity contribution in [1.29, 1.82) is 0 Å². The van der Waals surface area contributed by atoms with Crippen LogP contribution in [-0.2, 0) is 28.9 Å². The van der Waals surface area contributed by atoms with E-state index >= 15 is 0 Å². The number of carbonyl (C=O) groups excluding carboxylic acids is 2. The second-order valence-electron chi connectivity index (χ2n) is 9.76. The van der Waals surface area contributed by atoms with E-state index in [1.54, 1.807) is 18.9 Å². The molecule has 1 aliphatic heterocycles. The Bertz CT molecular complexity index is 1360. The van der Waals surface area contributed by atoms with Gasteiger partial charge in [-0.3, -0.25) is 9.59 Å². The molecule has 6 nitrogen and oxygen atoms in total. The zero-order valence-electron chi connectivity index (χ0n) is 21.2. The van der Waals surface area contributed by atoms with Gasteiger partial charge in [0, 0.05) is 73.8 Å². The smallest absolute Gasteiger partial charge is 0.305 e. The Morgan fingerprint density at radius 2 is 1.86 bits per heavy atom. The van der Waals surface area contributed by atoms with E-state index in [-0.39, 0.29) is 45.5 Å². The van der Waals surface area contributed by atoms with Crippen LogP contribution >= 0.6 is 23.2 Å². The number of aryl methyl sites for hydroxylation is 2. The third kappa shape index (κ3) is 5.60. The van der Waals surface area contributed by atoms with E-state index in [1.807, 2.05) is 10.6 Å². The minimum Gasteiger partial charge on any atom is -0.469 e. The number of hydrogen-bond donors (Lipinski definition) is 0. The van der Waals surface area contributed by atoms with E-state index in [2.05, 4.69) is 4.98 Å². The first-order valence-corrected chi connectivity index (χ1v) is 12.8. The van der Waals surface area contributed by atoms with Gasteiger partial charge in [-0.2, -0.15) is 0 Å². The zero-order chi connectivity index (χ0) is 27.1. The number of rotatable bonds is 6. The number of hydrogen-bond acceptors (Lipinski definition) is 4. The van der Waals surface area contributed by atoms with Crippen LogP contribution in [0.1, 0.15) is 58.9 Å². The standard InChI is InChI=1S/C27H29Cl2F2N3O3/c1-15-9-17(27(2,30)31)11-22-19(15)12-18(33(22)3)13-20-24(28)21(14-32-25(20)29)26(36)34-7-5-16(6-8-34)10-23(35)37-4/h9,11-12,14,16H,5-8,10,13H2,1-4H3. The number of methoxy groups -OCH3 is 1. The van der Waals surface area contributed by atoms with Gasteiger partial charge in [0.05, 0.1) is 17.7 Å². The monoisotopic (exact) mass is 551 g/mol. The van der Waals surface area contributed by atoms with Crippen molar-refractivity contribution in [1.82, 2.24) is 14.5 Å². The number of pyridine rings is 1. The van der Waals surface area contributed by atoms with Crippen molar-refractivity contribution in [3.63, 3.8) is 0 Å². The van der Waals surface area contributed by atoms with E-state index in [0.29, 0.717) is 43.4 Å². The van der Waals surface area contributed by atoms with Crippen molar-refractivity contribution >= 4 is 46.0 Å². The molecule has 2 aromatic heterocycles. The summed E-state index contributed by atoms with van der Waals surface area (Å²) in [5.41, 5.74) is 2.92. The average molecular weight is 552 g/mol. The number of fused-ring (bicyclic) bond motifs is 1. The van der Waals surface area contributed by atoms with Gasteiger partial charge in [0.25, 0.3) is 11.8 Å². The van der Waals surface area contributed by atoms with E-state index < -0.39 is 5.92 Å². The first kappa shape index (κ1) is 27.3. The summed E-state index contributed by atoms with van der Waals surface area (Å²) in [6.45, 7) is 3.69. The van der Waals surface area contributed by atoms with E-state index in [1.165, 1.54) is 25.4 Å². The molecule has 0 bridgehead atoms. The topological polar surface area (TPSA) is 64.4 Å². The van der Waals surface area contributed by atoms with Gasteiger partial charge in [0.15, 0.2) is 0 Å². The average Bonchev–Trinajstić information content (AvgIpc) is 3.17. The third-order valence-electron chi connectivity index (χ3n) is 7.21. The lowest BCUT2D eigenvalue weighted by molar-refractivity contribution is -0.142. The lowest BCUT2D eigenvalue weighted by atomic mass is 9.93. The second kappa shape index (κ2) is 10.6. The quantitative estimate of drug-likeness (QED) is 0.266. The second-order valence-corrected chi connectivity index (χ2v) is 10.5. The first-order valence-electron chi connectivity index (χ1n) is 12.1. The lowest BCUT2D eigenvalue weighted by Gasteiger charge is -2.31. The maximum absolute atomic E-state index is 14.0. The molecule has 1 aliphatic rings. The molecule has 3 heterocycles. The van der Waals surface area contributed by atoms with Crippen molar-refractivity contribution < 1.29 is 23.1 Å². The van der Waals surface area contributed by atoms with E-state index in [0.717, 1.165) is 23.6 Å². The predicted octanol–water partition coefficient (Wildman–Crippen LogP) is 6.31. The summed E-state index contributed by atoms with van der Waals surface area (Å²) in [5.74, 6) is -3.27. The van der Waals surface area contributed by atoms with Gasteiger partial charge in [0.1, 0.15) is 5.15 Å². The van der Waals surface area contributed by atoms with Crippen LogP contribution in [0.15, 0.2) is 24.4 Å². The van der Waals surface area contributed by atoms with Crippen LogP contribution in [-0.4, -0.2) is 46.5 Å². The number of esters is 1. The number of amides is 1. The molecule has 37 heavy (non-hydrogen) atoms. The largest absolute Gasteiger partial charge is 0.469 e. The number of halogens is 4. The molecule has 1 saturated heterocycles. The highest BCUT2D eigenvalue weighted by molar-refractivity contribution is 6.37. The molecule has 0 spiro atoms. The SMILES string of the molecule is COC(=O)CC1CCN(C(=O)c2cnc(Cl)c(Cc3cc4c(C)cc(C(C)(F)F)cc4n3C)c2Cl)CC1. The summed E-state index contributed by atoms with van der Waals surface area (Å²) < 4.78 is 34.6. The Hall–Kier alpha value is -2.71. The number of ether oxygens (including phenoxy) is 1. The summed E-state index contributed by atoms with van der Waals surface area (Å²) in [6.07, 6.45) is 3.39. The van der Waals surface area contributed by atoms with Crippen molar-refractivity contribution in [3.8, 4) is 0 Å². The molecular formula is C27H29Cl2F2N3O3. The molecule has 3 aromatic rings. The Balaban J connectivity index is 1.59. The normalized spacial score (nSPS) is 14.9. The van der Waals surface area contributed by atoms with Crippen LogP contribution in [0, 0.1) is 12.8 Å². The number of likely N-dealkylation sites (tertiary alicyclic amines) is 1. The maximum atomic E-state index is 14.0. The van der Waals surface area contributed by atoms with Gasteiger partial charge in [-0.05, 0) is 49.4 Å². The molecule has 1 aromatic carbocycles. The van der Waals surface area contributed by atoms with Crippen LogP contribution < -0.4 is 0 Å². The van der Waals surface area contributed by atoms with Gasteiger partial charge in [-0.15, -0.1) is 0 Å². The van der Waals surface area contributed by atoms with E-state index in [4.69, 9.17) is 27.9 Å². The van der Waals surface area contributed by atoms with Gasteiger partial charge in [-0.1, -0.05) is 23.2 Å². The number of nitrogens with zero attached hydrogens (tertiary/aromatic N) is 3. The molecular weight excluding hydrogens is 523 g/mol. The first-order chi connectivity index (χ1) is 17.4. The van der Waals surface area contributed by atoms with Gasteiger partial charge < -0.3 is 14.2 Å². The van der Waals surface area contributed by atoms with Crippen molar-refractivity contribution in [2.45, 2.75) is 45.5 Å². The highest BCUT2D eigenvalue weighted by Crippen LogP contribution is 2.35. The van der Waals surface area contributed by atoms with Crippen molar-refractivity contribution in [3.05, 3.63) is 62.5 Å². The summed E-state index contributed by atoms with van der Waals surface area (Å²) in [5, 5.41) is 1.26. The summed E-state index contributed by atoms with van der Waals surface area (Å²) in [7, 11) is 3.17. The van der Waals surface area contributed by atoms with Gasteiger partial charge in [0.2, 0.25) is 0 Å². The van der Waals surface area contributed by atoms with Crippen LogP contribution in [0.25, 0.3) is 10.9 Å². The maximum Gasteiger partial charge on any atom is 0.305 e. The summed E-state index contributed by atoms with van der Waals surface area (Å²) in [4.78, 5) is 30.8. The number of carbonyl (C=O) groups is 2. The molecule has 0 radical (unpaired) electrons. The number of piperidine rings is 1. The molecule has 0 unspecified atom stereocenters. The fourth-order valence-electron chi connectivity index (χ4n) is 4.91. The molecule has 10 heteroatoms. The van der Waals surface area contributed by atoms with Crippen LogP contribution in [0.5, 0.6) is 0 Å². The number of alkyl halides is 2. The van der Waals surface area contributed by atoms with Gasteiger partial charge in [-0.25, -0.2) is 13.8 Å². The molecule has 0 aliphatic carbocycles. The molecule has 0 saturated carbocycles. The molecule has 1 fully saturated rings. The zero-order valence-corrected chi connectivity index (χ0v) is 22.7. The third-order valence-corrected chi connectivity index (χ3v) is 7.96. The molecule has 1 amide bonds. The Kier molecular flexibility index (Phi) is 7.81. The summed E-state index contributed by atoms with van der Waals surface area (Å²) in [6, 6.07) is 4.92. The van der Waals surface area contributed by atoms with Crippen molar-refractivity contribution in [2.75, 3.05) is 20.2 Å². The van der Waals surface area contributed by atoms with Crippen LogP contribution in [0.3, 0.4) is 0 Å². The van der Waals surface area contributed by atoms with Crippen LogP contribution in [0.2, 0.25) is 10.2 Å². The fraction of sp³-hybridized carbons (Fsp3) is 0.444. The fourth-order valence-corrected chi connectivity index (χ4v) is 5.45. The van der Waals surface area contributed by atoms with E-state index in [9.17, 15) is 18.4 Å². The minimum absolute atomic E-state index is 0.0501. The predicted molar refractivity (Wildman–Crippen MR) is 140 cm³/mol. The minimum atomic E-state index is -2.96. The van der Waals surface area contributed by atoms with Crippen molar-refractivity contribution in [2.24, 2.45) is 13.0 Å². The molecule has 198 valence electrons. The van der Waals surface area contributed by atoms with Crippen LogP contribution in [0.4, 0.5) is 8.78 Å². The Labute approximate surface area is 224 Å². The Morgan fingerprint density at radius 1 is 1.19 bits per heavy atom. The Morgan fingerprint density at radius 3 is 2.49 bits per heavy atom. The highest BCUT2D eigenvalue weighted by atomic mass is 35.5. The highest BCUT2D eigenvalue weighted by Gasteiger charge is 2.29. The lowest BCUT2D eigenvalue weighted by Crippen LogP contribution is -2.39. The molecule has 0 N–H and O–H groups in total.